The Hall–Kier alpha value is -0.120. The van der Waals surface area contributed by atoms with Crippen LogP contribution in [0.3, 0.4) is 0 Å². The van der Waals surface area contributed by atoms with Gasteiger partial charge in [-0.25, -0.2) is 0 Å². The van der Waals surface area contributed by atoms with Crippen LogP contribution in [-0.2, 0) is 4.74 Å². The smallest absolute Gasteiger partial charge is 0.0936 e. The van der Waals surface area contributed by atoms with Gasteiger partial charge in [-0.1, -0.05) is 0 Å². The van der Waals surface area contributed by atoms with Gasteiger partial charge in [0.25, 0.3) is 0 Å². The molecule has 13 heavy (non-hydrogen) atoms. The van der Waals surface area contributed by atoms with Crippen LogP contribution in [-0.4, -0.2) is 61.3 Å². The summed E-state index contributed by atoms with van der Waals surface area (Å²) in [6.07, 6.45) is 0.541. The van der Waals surface area contributed by atoms with E-state index in [1.165, 1.54) is 19.6 Å². The number of nitrogens with zero attached hydrogens (tertiary/aromatic N) is 2. The predicted octanol–water partition coefficient (Wildman–Crippen LogP) is 0.411. The molecular weight excluding hydrogens is 164 g/mol. The van der Waals surface area contributed by atoms with Gasteiger partial charge in [-0.15, -0.1) is 0 Å². The lowest BCUT2D eigenvalue weighted by atomic mass is 10.00. The Labute approximate surface area is 80.6 Å². The molecule has 0 N–H and O–H groups in total. The van der Waals surface area contributed by atoms with E-state index in [9.17, 15) is 0 Å². The Morgan fingerprint density at radius 2 is 2.08 bits per heavy atom. The lowest BCUT2D eigenvalue weighted by molar-refractivity contribution is 0.0368. The summed E-state index contributed by atoms with van der Waals surface area (Å²) in [6, 6.07) is 0. The molecule has 2 saturated heterocycles. The van der Waals surface area contributed by atoms with Crippen LogP contribution in [0.15, 0.2) is 0 Å². The van der Waals surface area contributed by atoms with E-state index in [1.807, 2.05) is 0 Å². The molecule has 0 amide bonds. The number of piperazine rings is 1. The molecule has 0 saturated carbocycles. The first-order valence-corrected chi connectivity index (χ1v) is 5.13. The predicted molar refractivity (Wildman–Crippen MR) is 52.9 cm³/mol. The van der Waals surface area contributed by atoms with Gasteiger partial charge in [0, 0.05) is 31.7 Å². The summed E-state index contributed by atoms with van der Waals surface area (Å²) in [5.41, 5.74) is 0.327. The van der Waals surface area contributed by atoms with Crippen LogP contribution >= 0.6 is 0 Å². The lowest BCUT2D eigenvalue weighted by Gasteiger charge is -2.45. The Kier molecular flexibility index (Phi) is 2.34. The summed E-state index contributed by atoms with van der Waals surface area (Å²) in [5, 5.41) is 0. The fraction of sp³-hybridized carbons (Fsp3) is 1.00. The summed E-state index contributed by atoms with van der Waals surface area (Å²) >= 11 is 0. The first-order chi connectivity index (χ1) is 6.08. The lowest BCUT2D eigenvalue weighted by Crippen LogP contribution is -2.58. The van der Waals surface area contributed by atoms with Crippen molar-refractivity contribution in [3.8, 4) is 0 Å². The number of epoxide rings is 1. The molecule has 1 atom stereocenters. The minimum Gasteiger partial charge on any atom is -0.372 e. The first-order valence-electron chi connectivity index (χ1n) is 5.13. The highest BCUT2D eigenvalue weighted by molar-refractivity contribution is 4.89. The van der Waals surface area contributed by atoms with Crippen molar-refractivity contribution in [1.82, 2.24) is 9.80 Å². The molecule has 3 nitrogen and oxygen atoms in total. The highest BCUT2D eigenvalue weighted by Gasteiger charge is 2.34. The van der Waals surface area contributed by atoms with Gasteiger partial charge in [0.15, 0.2) is 0 Å². The fourth-order valence-electron chi connectivity index (χ4n) is 1.96. The monoisotopic (exact) mass is 184 g/mol. The molecule has 2 aliphatic rings. The molecule has 0 aromatic rings. The van der Waals surface area contributed by atoms with E-state index in [0.29, 0.717) is 11.6 Å². The van der Waals surface area contributed by atoms with Crippen LogP contribution < -0.4 is 0 Å². The van der Waals surface area contributed by atoms with Crippen molar-refractivity contribution in [2.24, 2.45) is 0 Å². The third-order valence-corrected chi connectivity index (χ3v) is 3.26. The van der Waals surface area contributed by atoms with Gasteiger partial charge >= 0.3 is 0 Å². The van der Waals surface area contributed by atoms with E-state index in [1.54, 1.807) is 0 Å². The molecule has 3 heteroatoms. The van der Waals surface area contributed by atoms with Gasteiger partial charge in [0.05, 0.1) is 12.7 Å². The van der Waals surface area contributed by atoms with E-state index in [-0.39, 0.29) is 0 Å². The zero-order chi connectivity index (χ0) is 9.47. The molecule has 2 rings (SSSR count). The highest BCUT2D eigenvalue weighted by Crippen LogP contribution is 2.20. The zero-order valence-electron chi connectivity index (χ0n) is 8.92. The van der Waals surface area contributed by atoms with Crippen molar-refractivity contribution in [3.05, 3.63) is 0 Å². The standard InChI is InChI=1S/C10H20N2O/c1-10(2)8-12(5-4-11(10)3)6-9-7-13-9/h9H,4-8H2,1-3H3/t9-/m0/s1. The quantitative estimate of drug-likeness (QED) is 0.579. The molecule has 0 aromatic heterocycles. The Balaban J connectivity index is 1.86. The number of hydrogen-bond acceptors (Lipinski definition) is 3. The number of rotatable bonds is 2. The molecular formula is C10H20N2O. The summed E-state index contributed by atoms with van der Waals surface area (Å²) in [5.74, 6) is 0. The molecule has 0 aliphatic carbocycles. The second kappa shape index (κ2) is 3.23. The van der Waals surface area contributed by atoms with Crippen LogP contribution in [0.4, 0.5) is 0 Å². The van der Waals surface area contributed by atoms with Crippen LogP contribution in [0, 0.1) is 0 Å². The van der Waals surface area contributed by atoms with Crippen molar-refractivity contribution < 1.29 is 4.74 Å². The average Bonchev–Trinajstić information content (AvgIpc) is 2.80. The summed E-state index contributed by atoms with van der Waals surface area (Å²) in [7, 11) is 2.21. The van der Waals surface area contributed by atoms with E-state index >= 15 is 0 Å². The SMILES string of the molecule is CN1CCN(C[C@H]2CO2)CC1(C)C. The largest absolute Gasteiger partial charge is 0.372 e. The van der Waals surface area contributed by atoms with Crippen molar-refractivity contribution in [2.75, 3.05) is 39.8 Å². The Morgan fingerprint density at radius 1 is 1.38 bits per heavy atom. The Bertz CT molecular complexity index is 189. The average molecular weight is 184 g/mol. The molecule has 0 radical (unpaired) electrons. The normalized spacial score (nSPS) is 34.8. The van der Waals surface area contributed by atoms with E-state index in [4.69, 9.17) is 4.74 Å². The number of ether oxygens (including phenoxy) is 1. The maximum atomic E-state index is 5.25. The maximum Gasteiger partial charge on any atom is 0.0936 e. The number of hydrogen-bond donors (Lipinski definition) is 0. The maximum absolute atomic E-state index is 5.25. The van der Waals surface area contributed by atoms with Gasteiger partial charge in [0.2, 0.25) is 0 Å². The fourth-order valence-corrected chi connectivity index (χ4v) is 1.96. The van der Waals surface area contributed by atoms with Crippen molar-refractivity contribution in [3.63, 3.8) is 0 Å². The molecule has 0 spiro atoms. The summed E-state index contributed by atoms with van der Waals surface area (Å²) in [6.45, 7) is 10.3. The molecule has 2 heterocycles. The van der Waals surface area contributed by atoms with Crippen LogP contribution in [0.2, 0.25) is 0 Å². The van der Waals surface area contributed by atoms with Gasteiger partial charge < -0.3 is 4.74 Å². The number of likely N-dealkylation sites (N-methyl/N-ethyl adjacent to an activating group) is 1. The molecule has 0 unspecified atom stereocenters. The molecule has 76 valence electrons. The van der Waals surface area contributed by atoms with Crippen LogP contribution in [0.25, 0.3) is 0 Å². The van der Waals surface area contributed by atoms with Gasteiger partial charge in [-0.2, -0.15) is 0 Å². The third kappa shape index (κ3) is 2.22. The molecule has 0 bridgehead atoms. The van der Waals surface area contributed by atoms with Crippen LogP contribution in [0.5, 0.6) is 0 Å². The third-order valence-electron chi connectivity index (χ3n) is 3.26. The van der Waals surface area contributed by atoms with Crippen molar-refractivity contribution in [2.45, 2.75) is 25.5 Å². The second-order valence-electron chi connectivity index (χ2n) is 4.92. The van der Waals surface area contributed by atoms with Crippen molar-refractivity contribution in [1.29, 1.82) is 0 Å². The van der Waals surface area contributed by atoms with Gasteiger partial charge in [0.1, 0.15) is 0 Å². The summed E-state index contributed by atoms with van der Waals surface area (Å²) < 4.78 is 5.25. The van der Waals surface area contributed by atoms with Gasteiger partial charge in [-0.05, 0) is 20.9 Å². The Morgan fingerprint density at radius 3 is 2.62 bits per heavy atom. The zero-order valence-corrected chi connectivity index (χ0v) is 8.92. The van der Waals surface area contributed by atoms with Crippen LogP contribution in [0.1, 0.15) is 13.8 Å². The molecule has 0 aromatic carbocycles. The minimum atomic E-state index is 0.327. The van der Waals surface area contributed by atoms with Gasteiger partial charge in [-0.3, -0.25) is 9.80 Å². The first kappa shape index (κ1) is 9.44. The second-order valence-corrected chi connectivity index (χ2v) is 4.92. The van der Waals surface area contributed by atoms with Crippen molar-refractivity contribution >= 4 is 0 Å². The molecule has 2 fully saturated rings. The summed E-state index contributed by atoms with van der Waals surface area (Å²) in [4.78, 5) is 4.97. The topological polar surface area (TPSA) is 19.0 Å². The van der Waals surface area contributed by atoms with E-state index < -0.39 is 0 Å². The van der Waals surface area contributed by atoms with E-state index in [2.05, 4.69) is 30.7 Å². The minimum absolute atomic E-state index is 0.327. The van der Waals surface area contributed by atoms with E-state index in [0.717, 1.165) is 13.2 Å². The highest BCUT2D eigenvalue weighted by atomic mass is 16.6. The molecule has 2 aliphatic heterocycles.